The van der Waals surface area contributed by atoms with Crippen LogP contribution in [0.4, 0.5) is 0 Å². The van der Waals surface area contributed by atoms with Crippen LogP contribution in [-0.4, -0.2) is 9.97 Å². The first-order valence-corrected chi connectivity index (χ1v) is 8.19. The zero-order valence-electron chi connectivity index (χ0n) is 10.7. The third kappa shape index (κ3) is 2.85. The fraction of sp³-hybridized carbons (Fsp3) is 0.333. The van der Waals surface area contributed by atoms with Crippen LogP contribution in [0.3, 0.4) is 0 Å². The maximum atomic E-state index is 6.25. The lowest BCUT2D eigenvalue weighted by Crippen LogP contribution is -2.02. The molecule has 0 N–H and O–H groups in total. The van der Waals surface area contributed by atoms with Crippen molar-refractivity contribution < 1.29 is 0 Å². The van der Waals surface area contributed by atoms with Gasteiger partial charge in [-0.15, -0.1) is 0 Å². The summed E-state index contributed by atoms with van der Waals surface area (Å²) < 4.78 is 0.837. The predicted molar refractivity (Wildman–Crippen MR) is 86.4 cm³/mol. The Balaban J connectivity index is 2.05. The van der Waals surface area contributed by atoms with Crippen molar-refractivity contribution in [3.05, 3.63) is 44.6 Å². The van der Waals surface area contributed by atoms with Crippen LogP contribution < -0.4 is 0 Å². The summed E-state index contributed by atoms with van der Waals surface area (Å²) in [6.45, 7) is 0. The number of aromatic nitrogens is 2. The SMILES string of the molecule is Clc1ccc(-c2nc(Cl)c(Br)c(C3CCCC3)n2)cc1. The van der Waals surface area contributed by atoms with Crippen molar-refractivity contribution in [2.45, 2.75) is 31.6 Å². The van der Waals surface area contributed by atoms with Crippen LogP contribution >= 0.6 is 39.1 Å². The van der Waals surface area contributed by atoms with Crippen molar-refractivity contribution in [2.75, 3.05) is 0 Å². The van der Waals surface area contributed by atoms with E-state index in [4.69, 9.17) is 28.2 Å². The van der Waals surface area contributed by atoms with E-state index in [0.29, 0.717) is 21.9 Å². The molecule has 0 bridgehead atoms. The minimum Gasteiger partial charge on any atom is -0.231 e. The average molecular weight is 372 g/mol. The van der Waals surface area contributed by atoms with Gasteiger partial charge in [0.2, 0.25) is 0 Å². The molecule has 20 heavy (non-hydrogen) atoms. The van der Waals surface area contributed by atoms with E-state index in [1.165, 1.54) is 25.7 Å². The van der Waals surface area contributed by atoms with Gasteiger partial charge in [0.05, 0.1) is 10.2 Å². The van der Waals surface area contributed by atoms with E-state index in [9.17, 15) is 0 Å². The van der Waals surface area contributed by atoms with Crippen LogP contribution in [0.15, 0.2) is 28.7 Å². The fourth-order valence-electron chi connectivity index (χ4n) is 2.63. The molecule has 1 fully saturated rings. The summed E-state index contributed by atoms with van der Waals surface area (Å²) in [6, 6.07) is 7.51. The lowest BCUT2D eigenvalue weighted by Gasteiger charge is -2.13. The second-order valence-electron chi connectivity index (χ2n) is 5.03. The summed E-state index contributed by atoms with van der Waals surface area (Å²) >= 11 is 15.7. The van der Waals surface area contributed by atoms with E-state index in [1.807, 2.05) is 24.3 Å². The summed E-state index contributed by atoms with van der Waals surface area (Å²) in [6.07, 6.45) is 4.86. The Morgan fingerprint density at radius 3 is 2.30 bits per heavy atom. The molecule has 2 nitrogen and oxygen atoms in total. The highest BCUT2D eigenvalue weighted by Crippen LogP contribution is 2.39. The minimum atomic E-state index is 0.479. The summed E-state index contributed by atoms with van der Waals surface area (Å²) in [5.41, 5.74) is 1.97. The van der Waals surface area contributed by atoms with Gasteiger partial charge in [0.15, 0.2) is 5.82 Å². The first-order valence-electron chi connectivity index (χ1n) is 6.64. The third-order valence-electron chi connectivity index (χ3n) is 3.68. The van der Waals surface area contributed by atoms with Crippen LogP contribution in [0.1, 0.15) is 37.3 Å². The summed E-state index contributed by atoms with van der Waals surface area (Å²) in [4.78, 5) is 9.10. The van der Waals surface area contributed by atoms with Gasteiger partial charge in [0, 0.05) is 16.5 Å². The van der Waals surface area contributed by atoms with Gasteiger partial charge >= 0.3 is 0 Å². The number of benzene rings is 1. The molecule has 0 atom stereocenters. The lowest BCUT2D eigenvalue weighted by molar-refractivity contribution is 0.691. The molecule has 0 radical (unpaired) electrons. The Morgan fingerprint density at radius 2 is 1.65 bits per heavy atom. The summed E-state index contributed by atoms with van der Waals surface area (Å²) in [7, 11) is 0. The molecule has 3 rings (SSSR count). The Labute approximate surface area is 136 Å². The lowest BCUT2D eigenvalue weighted by atomic mass is 10.0. The van der Waals surface area contributed by atoms with E-state index >= 15 is 0 Å². The minimum absolute atomic E-state index is 0.479. The number of hydrogen-bond acceptors (Lipinski definition) is 2. The fourth-order valence-corrected chi connectivity index (χ4v) is 3.44. The Kier molecular flexibility index (Phi) is 4.29. The van der Waals surface area contributed by atoms with E-state index < -0.39 is 0 Å². The molecule has 5 heteroatoms. The van der Waals surface area contributed by atoms with Crippen LogP contribution in [0.25, 0.3) is 11.4 Å². The molecule has 0 saturated heterocycles. The maximum Gasteiger partial charge on any atom is 0.161 e. The smallest absolute Gasteiger partial charge is 0.161 e. The van der Waals surface area contributed by atoms with Crippen molar-refractivity contribution in [1.29, 1.82) is 0 Å². The topological polar surface area (TPSA) is 25.8 Å². The molecule has 1 aromatic carbocycles. The highest BCUT2D eigenvalue weighted by molar-refractivity contribution is 9.10. The second kappa shape index (κ2) is 6.00. The molecule has 1 aliphatic carbocycles. The Morgan fingerprint density at radius 1 is 1.00 bits per heavy atom. The highest BCUT2D eigenvalue weighted by Gasteiger charge is 2.23. The van der Waals surface area contributed by atoms with Crippen LogP contribution in [-0.2, 0) is 0 Å². The molecule has 2 aromatic rings. The Bertz CT molecular complexity index is 623. The van der Waals surface area contributed by atoms with E-state index in [-0.39, 0.29) is 0 Å². The van der Waals surface area contributed by atoms with Gasteiger partial charge in [-0.3, -0.25) is 0 Å². The van der Waals surface area contributed by atoms with Crippen molar-refractivity contribution in [3.63, 3.8) is 0 Å². The van der Waals surface area contributed by atoms with Gasteiger partial charge in [-0.05, 0) is 53.0 Å². The molecule has 1 saturated carbocycles. The zero-order chi connectivity index (χ0) is 14.1. The van der Waals surface area contributed by atoms with Crippen molar-refractivity contribution in [3.8, 4) is 11.4 Å². The maximum absolute atomic E-state index is 6.25. The molecule has 0 amide bonds. The summed E-state index contributed by atoms with van der Waals surface area (Å²) in [5.74, 6) is 1.15. The van der Waals surface area contributed by atoms with Gasteiger partial charge in [0.25, 0.3) is 0 Å². The van der Waals surface area contributed by atoms with Gasteiger partial charge in [0.1, 0.15) is 5.15 Å². The largest absolute Gasteiger partial charge is 0.231 e. The highest BCUT2D eigenvalue weighted by atomic mass is 79.9. The van der Waals surface area contributed by atoms with Crippen molar-refractivity contribution in [1.82, 2.24) is 9.97 Å². The molecule has 1 aliphatic rings. The molecule has 1 heterocycles. The van der Waals surface area contributed by atoms with E-state index in [2.05, 4.69) is 20.9 Å². The van der Waals surface area contributed by atoms with Crippen LogP contribution in [0.5, 0.6) is 0 Å². The molecule has 0 spiro atoms. The van der Waals surface area contributed by atoms with Crippen LogP contribution in [0, 0.1) is 0 Å². The molecule has 1 aromatic heterocycles. The van der Waals surface area contributed by atoms with E-state index in [1.54, 1.807) is 0 Å². The van der Waals surface area contributed by atoms with Crippen molar-refractivity contribution in [2.24, 2.45) is 0 Å². The average Bonchev–Trinajstić information content (AvgIpc) is 2.96. The van der Waals surface area contributed by atoms with Crippen LogP contribution in [0.2, 0.25) is 10.2 Å². The van der Waals surface area contributed by atoms with Gasteiger partial charge in [-0.25, -0.2) is 9.97 Å². The molecule has 0 aliphatic heterocycles. The first kappa shape index (κ1) is 14.3. The number of halogens is 3. The van der Waals surface area contributed by atoms with Gasteiger partial charge in [-0.2, -0.15) is 0 Å². The Hall–Kier alpha value is -0.640. The monoisotopic (exact) mass is 370 g/mol. The van der Waals surface area contributed by atoms with E-state index in [0.717, 1.165) is 15.7 Å². The summed E-state index contributed by atoms with van der Waals surface area (Å²) in [5, 5.41) is 1.18. The zero-order valence-corrected chi connectivity index (χ0v) is 13.8. The second-order valence-corrected chi connectivity index (χ2v) is 6.61. The van der Waals surface area contributed by atoms with Gasteiger partial charge in [-0.1, -0.05) is 36.0 Å². The third-order valence-corrected chi connectivity index (χ3v) is 5.22. The number of nitrogens with zero attached hydrogens (tertiary/aromatic N) is 2. The molecular formula is C15H13BrCl2N2. The molecule has 104 valence electrons. The molecule has 0 unspecified atom stereocenters. The number of rotatable bonds is 2. The predicted octanol–water partition coefficient (Wildman–Crippen LogP) is 5.87. The standard InChI is InChI=1S/C15H13BrCl2N2/c16-12-13(9-3-1-2-4-9)19-15(20-14(12)18)10-5-7-11(17)8-6-10/h5-9H,1-4H2. The molecular weight excluding hydrogens is 359 g/mol. The normalized spacial score (nSPS) is 15.8. The van der Waals surface area contributed by atoms with Gasteiger partial charge < -0.3 is 0 Å². The quantitative estimate of drug-likeness (QED) is 0.617. The van der Waals surface area contributed by atoms with Crippen molar-refractivity contribution >= 4 is 39.1 Å². The first-order chi connectivity index (χ1) is 9.65. The number of hydrogen-bond donors (Lipinski definition) is 0.